The molecule has 0 saturated carbocycles. The molecule has 0 amide bonds. The average Bonchev–Trinajstić information content (AvgIpc) is 3.78. The summed E-state index contributed by atoms with van der Waals surface area (Å²) < 4.78 is 9.44. The van der Waals surface area contributed by atoms with E-state index in [1.807, 2.05) is 11.3 Å². The van der Waals surface area contributed by atoms with Crippen molar-refractivity contribution in [2.75, 3.05) is 4.90 Å². The van der Waals surface area contributed by atoms with E-state index < -0.39 is 0 Å². The molecule has 0 aliphatic rings. The summed E-state index contributed by atoms with van der Waals surface area (Å²) in [6.07, 6.45) is 0. The molecule has 0 bridgehead atoms. The van der Waals surface area contributed by atoms with Crippen LogP contribution in [0.2, 0.25) is 0 Å². The van der Waals surface area contributed by atoms with E-state index in [9.17, 15) is 0 Å². The van der Waals surface area contributed by atoms with Gasteiger partial charge in [-0.1, -0.05) is 140 Å². The Morgan fingerprint density at radius 2 is 0.980 bits per heavy atom. The Kier molecular flexibility index (Phi) is 7.04. The molecule has 8 aromatic carbocycles. The van der Waals surface area contributed by atoms with E-state index in [4.69, 9.17) is 4.42 Å². The van der Waals surface area contributed by atoms with Gasteiger partial charge in [0.05, 0.1) is 5.69 Å². The molecule has 0 radical (unpaired) electrons. The Morgan fingerprint density at radius 1 is 0.392 bits per heavy atom. The fourth-order valence-electron chi connectivity index (χ4n) is 7.46. The minimum absolute atomic E-state index is 0.861. The largest absolute Gasteiger partial charge is 0.454 e. The molecule has 51 heavy (non-hydrogen) atoms. The molecule has 2 nitrogen and oxygen atoms in total. The maximum Gasteiger partial charge on any atom is 0.160 e. The third kappa shape index (κ3) is 5.10. The number of benzene rings is 8. The summed E-state index contributed by atoms with van der Waals surface area (Å²) in [6.45, 7) is 0. The van der Waals surface area contributed by atoms with Crippen LogP contribution in [0.15, 0.2) is 192 Å². The number of furan rings is 1. The van der Waals surface area contributed by atoms with Crippen molar-refractivity contribution in [3.63, 3.8) is 0 Å². The second kappa shape index (κ2) is 12.2. The van der Waals surface area contributed by atoms with Crippen LogP contribution in [0.25, 0.3) is 75.5 Å². The van der Waals surface area contributed by atoms with Crippen molar-refractivity contribution in [2.45, 2.75) is 0 Å². The zero-order valence-corrected chi connectivity index (χ0v) is 28.5. The summed E-state index contributed by atoms with van der Waals surface area (Å²) >= 11 is 1.84. The molecule has 0 atom stereocenters. The Morgan fingerprint density at radius 3 is 1.69 bits per heavy atom. The van der Waals surface area contributed by atoms with E-state index in [0.717, 1.165) is 61.3 Å². The van der Waals surface area contributed by atoms with Gasteiger partial charge in [0.2, 0.25) is 0 Å². The van der Waals surface area contributed by atoms with Crippen molar-refractivity contribution in [1.29, 1.82) is 0 Å². The lowest BCUT2D eigenvalue weighted by Crippen LogP contribution is -2.11. The van der Waals surface area contributed by atoms with Gasteiger partial charge in [-0.2, -0.15) is 0 Å². The number of para-hydroxylation sites is 1. The number of nitrogens with zero attached hydrogens (tertiary/aromatic N) is 1. The lowest BCUT2D eigenvalue weighted by Gasteiger charge is -2.27. The summed E-state index contributed by atoms with van der Waals surface area (Å²) in [7, 11) is 0. The van der Waals surface area contributed by atoms with Crippen molar-refractivity contribution in [2.24, 2.45) is 0 Å². The van der Waals surface area contributed by atoms with Crippen LogP contribution in [0, 0.1) is 0 Å². The van der Waals surface area contributed by atoms with Gasteiger partial charge in [-0.3, -0.25) is 0 Å². The maximum absolute atomic E-state index is 6.90. The van der Waals surface area contributed by atoms with Crippen molar-refractivity contribution < 1.29 is 4.42 Å². The summed E-state index contributed by atoms with van der Waals surface area (Å²) in [5, 5.41) is 4.79. The number of thiophene rings is 1. The molecule has 3 heteroatoms. The van der Waals surface area contributed by atoms with Gasteiger partial charge < -0.3 is 9.32 Å². The number of fused-ring (bicyclic) bond motifs is 6. The lowest BCUT2D eigenvalue weighted by molar-refractivity contribution is 0.669. The molecule has 0 spiro atoms. The third-order valence-corrected chi connectivity index (χ3v) is 11.0. The van der Waals surface area contributed by atoms with Crippen molar-refractivity contribution in [3.8, 4) is 33.4 Å². The van der Waals surface area contributed by atoms with Gasteiger partial charge in [0.15, 0.2) is 5.58 Å². The molecule has 10 aromatic rings. The molecule has 10 rings (SSSR count). The summed E-state index contributed by atoms with van der Waals surface area (Å²) in [5.41, 5.74) is 11.8. The Bertz CT molecular complexity index is 2790. The second-order valence-electron chi connectivity index (χ2n) is 12.9. The smallest absolute Gasteiger partial charge is 0.160 e. The highest BCUT2D eigenvalue weighted by molar-refractivity contribution is 7.25. The first kappa shape index (κ1) is 29.5. The first-order chi connectivity index (χ1) is 25.3. The van der Waals surface area contributed by atoms with E-state index in [1.165, 1.54) is 31.3 Å². The third-order valence-electron chi connectivity index (χ3n) is 9.84. The van der Waals surface area contributed by atoms with Crippen LogP contribution < -0.4 is 4.90 Å². The lowest BCUT2D eigenvalue weighted by atomic mass is 9.96. The Balaban J connectivity index is 1.29. The number of anilines is 3. The fraction of sp³-hybridized carbons (Fsp3) is 0. The Labute approximate surface area is 300 Å². The highest BCUT2D eigenvalue weighted by Crippen LogP contribution is 2.48. The predicted molar refractivity (Wildman–Crippen MR) is 218 cm³/mol. The van der Waals surface area contributed by atoms with Crippen LogP contribution in [-0.4, -0.2) is 0 Å². The van der Waals surface area contributed by atoms with Crippen LogP contribution in [0.1, 0.15) is 0 Å². The van der Waals surface area contributed by atoms with Crippen LogP contribution >= 0.6 is 11.3 Å². The van der Waals surface area contributed by atoms with Crippen molar-refractivity contribution in [3.05, 3.63) is 188 Å². The average molecular weight is 670 g/mol. The summed E-state index contributed by atoms with van der Waals surface area (Å²) in [4.78, 5) is 2.39. The van der Waals surface area contributed by atoms with Crippen LogP contribution in [0.4, 0.5) is 17.1 Å². The highest BCUT2D eigenvalue weighted by Gasteiger charge is 2.24. The summed E-state index contributed by atoms with van der Waals surface area (Å²) in [6, 6.07) is 67.4. The predicted octanol–water partition coefficient (Wildman–Crippen LogP) is 14.4. The first-order valence-corrected chi connectivity index (χ1v) is 18.1. The molecule has 0 N–H and O–H groups in total. The van der Waals surface area contributed by atoms with Crippen molar-refractivity contribution in [1.82, 2.24) is 0 Å². The maximum atomic E-state index is 6.90. The van der Waals surface area contributed by atoms with Gasteiger partial charge in [-0.05, 0) is 81.9 Å². The topological polar surface area (TPSA) is 16.4 Å². The number of hydrogen-bond acceptors (Lipinski definition) is 3. The minimum atomic E-state index is 0.861. The molecular weight excluding hydrogens is 639 g/mol. The van der Waals surface area contributed by atoms with Gasteiger partial charge in [0.25, 0.3) is 0 Å². The molecule has 0 unspecified atom stereocenters. The van der Waals surface area contributed by atoms with E-state index in [-0.39, 0.29) is 0 Å². The van der Waals surface area contributed by atoms with Crippen LogP contribution in [-0.2, 0) is 0 Å². The molecule has 240 valence electrons. The Hall–Kier alpha value is -6.42. The zero-order chi connectivity index (χ0) is 33.7. The first-order valence-electron chi connectivity index (χ1n) is 17.3. The number of rotatable bonds is 6. The molecule has 0 saturated heterocycles. The minimum Gasteiger partial charge on any atom is -0.454 e. The molecule has 0 aliphatic carbocycles. The molecule has 2 heterocycles. The summed E-state index contributed by atoms with van der Waals surface area (Å²) in [5.74, 6) is 0. The quantitative estimate of drug-likeness (QED) is 0.175. The monoisotopic (exact) mass is 669 g/mol. The van der Waals surface area contributed by atoms with E-state index >= 15 is 0 Å². The van der Waals surface area contributed by atoms with Gasteiger partial charge in [0.1, 0.15) is 5.58 Å². The fourth-order valence-corrected chi connectivity index (χ4v) is 8.60. The van der Waals surface area contributed by atoms with Gasteiger partial charge >= 0.3 is 0 Å². The van der Waals surface area contributed by atoms with Crippen LogP contribution in [0.3, 0.4) is 0 Å². The molecule has 2 aromatic heterocycles. The SMILES string of the molecule is c1ccc(-c2cc(-c3ccccc3)cc(N(c3ccc4c(c3)sc3ccccc34)c3ccc(-c4ccccc4)c4c3oc3ccccc34)c2)cc1. The van der Waals surface area contributed by atoms with Crippen molar-refractivity contribution >= 4 is 70.5 Å². The standard InChI is InChI=1S/C48H31NOS/c1-4-14-32(15-5-1)35-28-36(33-16-6-2-7-17-33)30-38(29-35)49(37-24-25-41-40-20-11-13-23-45(40)51-46(41)31-37)43-27-26-39(34-18-8-3-9-19-34)47-42-21-10-12-22-44(42)50-48(43)47/h1-31H. The molecule has 0 fully saturated rings. The second-order valence-corrected chi connectivity index (χ2v) is 14.0. The zero-order valence-electron chi connectivity index (χ0n) is 27.7. The highest BCUT2D eigenvalue weighted by atomic mass is 32.1. The van der Waals surface area contributed by atoms with Crippen LogP contribution in [0.5, 0.6) is 0 Å². The van der Waals surface area contributed by atoms with E-state index in [1.54, 1.807) is 0 Å². The van der Waals surface area contributed by atoms with Gasteiger partial charge in [-0.25, -0.2) is 0 Å². The van der Waals surface area contributed by atoms with Gasteiger partial charge in [-0.15, -0.1) is 11.3 Å². The van der Waals surface area contributed by atoms with E-state index in [2.05, 4.69) is 193 Å². The normalized spacial score (nSPS) is 11.5. The van der Waals surface area contributed by atoms with E-state index in [0.29, 0.717) is 0 Å². The number of hydrogen-bond donors (Lipinski definition) is 0. The van der Waals surface area contributed by atoms with Gasteiger partial charge in [0, 0.05) is 42.3 Å². The molecular formula is C48H31NOS. The molecule has 0 aliphatic heterocycles.